The van der Waals surface area contributed by atoms with E-state index >= 15 is 0 Å². The van der Waals surface area contributed by atoms with Crippen LogP contribution in [0.2, 0.25) is 0 Å². The van der Waals surface area contributed by atoms with Crippen molar-refractivity contribution >= 4 is 11.5 Å². The van der Waals surface area contributed by atoms with Gasteiger partial charge in [-0.3, -0.25) is 4.79 Å². The van der Waals surface area contributed by atoms with Gasteiger partial charge in [0.1, 0.15) is 11.6 Å². The quantitative estimate of drug-likeness (QED) is 0.669. The van der Waals surface area contributed by atoms with E-state index in [2.05, 4.69) is 0 Å². The average Bonchev–Trinajstić information content (AvgIpc) is 2.31. The molecule has 0 unspecified atom stereocenters. The topological polar surface area (TPSA) is 43.1 Å². The first-order valence-corrected chi connectivity index (χ1v) is 5.38. The molecule has 0 fully saturated rings. The first kappa shape index (κ1) is 12.2. The summed E-state index contributed by atoms with van der Waals surface area (Å²) in [5.41, 5.74) is 6.90. The summed E-state index contributed by atoms with van der Waals surface area (Å²) in [6, 6.07) is 9.57. The molecule has 0 atom stereocenters. The van der Waals surface area contributed by atoms with E-state index in [0.717, 1.165) is 23.8 Å². The molecule has 4 heteroatoms. The van der Waals surface area contributed by atoms with Crippen LogP contribution in [0, 0.1) is 11.6 Å². The number of hydrogen-bond donors (Lipinski definition) is 1. The maximum absolute atomic E-state index is 13.0. The van der Waals surface area contributed by atoms with Crippen LogP contribution in [0.15, 0.2) is 42.5 Å². The molecule has 0 saturated heterocycles. The summed E-state index contributed by atoms with van der Waals surface area (Å²) >= 11 is 0. The fourth-order valence-electron chi connectivity index (χ4n) is 1.64. The predicted molar refractivity (Wildman–Crippen MR) is 65.2 cm³/mol. The van der Waals surface area contributed by atoms with E-state index in [9.17, 15) is 13.6 Å². The Labute approximate surface area is 103 Å². The Morgan fingerprint density at radius 3 is 2.11 bits per heavy atom. The van der Waals surface area contributed by atoms with Crippen molar-refractivity contribution in [2.45, 2.75) is 6.42 Å². The van der Waals surface area contributed by atoms with E-state index in [1.807, 2.05) is 0 Å². The molecule has 0 radical (unpaired) electrons. The number of anilines is 1. The number of hydrogen-bond acceptors (Lipinski definition) is 2. The highest BCUT2D eigenvalue weighted by molar-refractivity contribution is 5.97. The summed E-state index contributed by atoms with van der Waals surface area (Å²) in [7, 11) is 0. The molecule has 0 aliphatic heterocycles. The van der Waals surface area contributed by atoms with Crippen LogP contribution in [0.25, 0.3) is 0 Å². The zero-order valence-electron chi connectivity index (χ0n) is 9.49. The van der Waals surface area contributed by atoms with E-state index in [4.69, 9.17) is 5.73 Å². The molecule has 0 aliphatic rings. The van der Waals surface area contributed by atoms with E-state index in [1.165, 1.54) is 0 Å². The minimum Gasteiger partial charge on any atom is -0.399 e. The number of carbonyl (C=O) groups is 1. The van der Waals surface area contributed by atoms with Crippen molar-refractivity contribution in [3.63, 3.8) is 0 Å². The molecule has 0 aliphatic carbocycles. The van der Waals surface area contributed by atoms with Crippen molar-refractivity contribution in [1.29, 1.82) is 0 Å². The smallest absolute Gasteiger partial charge is 0.167 e. The van der Waals surface area contributed by atoms with Crippen LogP contribution in [0.5, 0.6) is 0 Å². The average molecular weight is 247 g/mol. The number of benzene rings is 2. The van der Waals surface area contributed by atoms with Crippen molar-refractivity contribution in [3.8, 4) is 0 Å². The molecule has 2 aromatic rings. The number of rotatable bonds is 3. The van der Waals surface area contributed by atoms with Crippen molar-refractivity contribution in [3.05, 3.63) is 65.2 Å². The second-order valence-electron chi connectivity index (χ2n) is 4.00. The van der Waals surface area contributed by atoms with Gasteiger partial charge in [-0.15, -0.1) is 0 Å². The zero-order chi connectivity index (χ0) is 13.1. The van der Waals surface area contributed by atoms with Gasteiger partial charge in [0.25, 0.3) is 0 Å². The molecule has 0 aromatic heterocycles. The van der Waals surface area contributed by atoms with Gasteiger partial charge in [0, 0.05) is 23.7 Å². The highest BCUT2D eigenvalue weighted by Crippen LogP contribution is 2.13. The molecule has 2 rings (SSSR count). The van der Waals surface area contributed by atoms with E-state index in [0.29, 0.717) is 5.69 Å². The van der Waals surface area contributed by atoms with E-state index in [1.54, 1.807) is 24.3 Å². The number of nitrogen functional groups attached to an aromatic ring is 1. The molecular weight excluding hydrogens is 236 g/mol. The number of Topliss-reactive ketones (excluding diaryl/α,β-unsaturated/α-hetero) is 1. The van der Waals surface area contributed by atoms with Gasteiger partial charge in [-0.25, -0.2) is 8.78 Å². The standard InChI is InChI=1S/C14H11F2NO/c15-11-6-10(7-12(16)8-11)14(18)5-9-1-3-13(17)4-2-9/h1-4,6-8H,5,17H2. The van der Waals surface area contributed by atoms with Crippen molar-refractivity contribution in [1.82, 2.24) is 0 Å². The normalized spacial score (nSPS) is 10.3. The Bertz CT molecular complexity index is 559. The molecule has 92 valence electrons. The number of carbonyl (C=O) groups excluding carboxylic acids is 1. The predicted octanol–water partition coefficient (Wildman–Crippen LogP) is 2.97. The highest BCUT2D eigenvalue weighted by atomic mass is 19.1. The molecule has 2 N–H and O–H groups in total. The molecule has 2 nitrogen and oxygen atoms in total. The summed E-state index contributed by atoms with van der Waals surface area (Å²) in [4.78, 5) is 11.8. The Morgan fingerprint density at radius 1 is 1.00 bits per heavy atom. The summed E-state index contributed by atoms with van der Waals surface area (Å²) < 4.78 is 25.9. The second-order valence-corrected chi connectivity index (χ2v) is 4.00. The van der Waals surface area contributed by atoms with Gasteiger partial charge in [-0.2, -0.15) is 0 Å². The van der Waals surface area contributed by atoms with Crippen LogP contribution in [0.3, 0.4) is 0 Å². The van der Waals surface area contributed by atoms with Gasteiger partial charge >= 0.3 is 0 Å². The van der Waals surface area contributed by atoms with Gasteiger partial charge in [0.15, 0.2) is 5.78 Å². The lowest BCUT2D eigenvalue weighted by molar-refractivity contribution is 0.0992. The molecule has 0 saturated carbocycles. The zero-order valence-corrected chi connectivity index (χ0v) is 9.49. The van der Waals surface area contributed by atoms with Crippen molar-refractivity contribution < 1.29 is 13.6 Å². The van der Waals surface area contributed by atoms with E-state index < -0.39 is 11.6 Å². The molecule has 18 heavy (non-hydrogen) atoms. The number of ketones is 1. The largest absolute Gasteiger partial charge is 0.399 e. The van der Waals surface area contributed by atoms with Gasteiger partial charge in [-0.1, -0.05) is 12.1 Å². The number of halogens is 2. The lowest BCUT2D eigenvalue weighted by atomic mass is 10.0. The molecule has 0 amide bonds. The molecule has 0 heterocycles. The third-order valence-corrected chi connectivity index (χ3v) is 2.53. The fraction of sp³-hybridized carbons (Fsp3) is 0.0714. The minimum atomic E-state index is -0.754. The second kappa shape index (κ2) is 4.96. The SMILES string of the molecule is Nc1ccc(CC(=O)c2cc(F)cc(F)c2)cc1. The van der Waals surface area contributed by atoms with Gasteiger partial charge in [-0.05, 0) is 29.8 Å². The molecular formula is C14H11F2NO. The first-order chi connectivity index (χ1) is 8.54. The van der Waals surface area contributed by atoms with Crippen LogP contribution < -0.4 is 5.73 Å². The third kappa shape index (κ3) is 2.91. The fourth-order valence-corrected chi connectivity index (χ4v) is 1.64. The van der Waals surface area contributed by atoms with Crippen LogP contribution >= 0.6 is 0 Å². The Morgan fingerprint density at radius 2 is 1.56 bits per heavy atom. The van der Waals surface area contributed by atoms with E-state index in [-0.39, 0.29) is 17.8 Å². The van der Waals surface area contributed by atoms with Crippen LogP contribution in [0.1, 0.15) is 15.9 Å². The van der Waals surface area contributed by atoms with Crippen molar-refractivity contribution in [2.24, 2.45) is 0 Å². The summed E-state index contributed by atoms with van der Waals surface area (Å²) in [6.45, 7) is 0. The van der Waals surface area contributed by atoms with Crippen LogP contribution in [0.4, 0.5) is 14.5 Å². The van der Waals surface area contributed by atoms with Gasteiger partial charge < -0.3 is 5.73 Å². The maximum atomic E-state index is 13.0. The van der Waals surface area contributed by atoms with Crippen LogP contribution in [-0.4, -0.2) is 5.78 Å². The Kier molecular flexibility index (Phi) is 3.37. The minimum absolute atomic E-state index is 0.0318. The lowest BCUT2D eigenvalue weighted by Crippen LogP contribution is -2.04. The summed E-state index contributed by atoms with van der Waals surface area (Å²) in [6.07, 6.45) is 0.0865. The van der Waals surface area contributed by atoms with Crippen LogP contribution in [-0.2, 0) is 6.42 Å². The third-order valence-electron chi connectivity index (χ3n) is 2.53. The maximum Gasteiger partial charge on any atom is 0.167 e. The van der Waals surface area contributed by atoms with Gasteiger partial charge in [0.05, 0.1) is 0 Å². The number of nitrogens with two attached hydrogens (primary N) is 1. The molecule has 0 bridgehead atoms. The summed E-state index contributed by atoms with van der Waals surface area (Å²) in [5.74, 6) is -1.84. The summed E-state index contributed by atoms with van der Waals surface area (Å²) in [5, 5.41) is 0. The van der Waals surface area contributed by atoms with Crippen molar-refractivity contribution in [2.75, 3.05) is 5.73 Å². The molecule has 2 aromatic carbocycles. The highest BCUT2D eigenvalue weighted by Gasteiger charge is 2.10. The monoisotopic (exact) mass is 247 g/mol. The Hall–Kier alpha value is -2.23. The first-order valence-electron chi connectivity index (χ1n) is 5.38. The lowest BCUT2D eigenvalue weighted by Gasteiger charge is -2.03. The van der Waals surface area contributed by atoms with Gasteiger partial charge in [0.2, 0.25) is 0 Å². The molecule has 0 spiro atoms. The Balaban J connectivity index is 2.19.